The van der Waals surface area contributed by atoms with Gasteiger partial charge in [0.15, 0.2) is 0 Å². The van der Waals surface area contributed by atoms with Crippen molar-refractivity contribution in [3.8, 4) is 5.75 Å². The molecule has 3 aromatic carbocycles. The van der Waals surface area contributed by atoms with Crippen molar-refractivity contribution < 1.29 is 23.8 Å². The van der Waals surface area contributed by atoms with E-state index in [-0.39, 0.29) is 6.61 Å². The maximum absolute atomic E-state index is 12.5. The van der Waals surface area contributed by atoms with Gasteiger partial charge in [-0.15, -0.1) is 0 Å². The molecule has 0 aliphatic rings. The minimum Gasteiger partial charge on any atom is -0.460 e. The van der Waals surface area contributed by atoms with Gasteiger partial charge in [-0.25, -0.2) is 4.79 Å². The molecule has 6 heteroatoms. The Labute approximate surface area is 213 Å². The van der Waals surface area contributed by atoms with E-state index in [2.05, 4.69) is 12.1 Å². The third-order valence-corrected chi connectivity index (χ3v) is 6.04. The molecule has 36 heavy (non-hydrogen) atoms. The van der Waals surface area contributed by atoms with Crippen molar-refractivity contribution in [3.05, 3.63) is 101 Å². The number of hydrogen-bond donors (Lipinski definition) is 1. The molecule has 0 aromatic heterocycles. The summed E-state index contributed by atoms with van der Waals surface area (Å²) in [6.45, 7) is 7.71. The first-order valence-corrected chi connectivity index (χ1v) is 12.1. The summed E-state index contributed by atoms with van der Waals surface area (Å²) < 4.78 is 16.4. The molecule has 0 heterocycles. The number of carbonyl (C=O) groups is 2. The Balaban J connectivity index is 1.54. The number of esters is 1. The van der Waals surface area contributed by atoms with Crippen molar-refractivity contribution in [2.75, 3.05) is 0 Å². The summed E-state index contributed by atoms with van der Waals surface area (Å²) in [4.78, 5) is 24.9. The molecular weight excluding hydrogens is 454 g/mol. The zero-order valence-corrected chi connectivity index (χ0v) is 21.5. The summed E-state index contributed by atoms with van der Waals surface area (Å²) in [5.74, 6) is -0.0721. The van der Waals surface area contributed by atoms with Crippen LogP contribution in [0.2, 0.25) is 0 Å². The average molecular weight is 490 g/mol. The van der Waals surface area contributed by atoms with Crippen molar-refractivity contribution in [2.24, 2.45) is 5.73 Å². The Morgan fingerprint density at radius 2 is 1.44 bits per heavy atom. The summed E-state index contributed by atoms with van der Waals surface area (Å²) in [7, 11) is 0. The molecule has 0 radical (unpaired) electrons. The first kappa shape index (κ1) is 27.0. The molecule has 0 spiro atoms. The van der Waals surface area contributed by atoms with E-state index in [0.717, 1.165) is 28.7 Å². The van der Waals surface area contributed by atoms with Gasteiger partial charge in [-0.3, -0.25) is 4.79 Å². The van der Waals surface area contributed by atoms with E-state index in [1.165, 1.54) is 5.56 Å². The summed E-state index contributed by atoms with van der Waals surface area (Å²) in [5.41, 5.74) is 10.2. The molecule has 190 valence electrons. The molecule has 1 atom stereocenters. The van der Waals surface area contributed by atoms with Crippen LogP contribution in [0.1, 0.15) is 48.1 Å². The summed E-state index contributed by atoms with van der Waals surface area (Å²) >= 11 is 0. The fourth-order valence-corrected chi connectivity index (χ4v) is 3.96. The van der Waals surface area contributed by atoms with Crippen molar-refractivity contribution in [1.29, 1.82) is 0 Å². The molecule has 0 amide bonds. The minimum atomic E-state index is -0.798. The van der Waals surface area contributed by atoms with E-state index in [1.807, 2.05) is 76.2 Å². The molecule has 0 aliphatic carbocycles. The second-order valence-electron chi connectivity index (χ2n) is 9.64. The molecule has 0 saturated carbocycles. The van der Waals surface area contributed by atoms with Crippen LogP contribution < -0.4 is 10.5 Å². The molecule has 0 bridgehead atoms. The second-order valence-corrected chi connectivity index (χ2v) is 9.64. The summed E-state index contributed by atoms with van der Waals surface area (Å²) in [6.07, 6.45) is 1.03. The minimum absolute atomic E-state index is 0.182. The fraction of sp³-hybridized carbons (Fsp3) is 0.333. The van der Waals surface area contributed by atoms with Crippen molar-refractivity contribution in [3.63, 3.8) is 0 Å². The zero-order valence-electron chi connectivity index (χ0n) is 21.5. The molecule has 2 N–H and O–H groups in total. The average Bonchev–Trinajstić information content (AvgIpc) is 2.84. The normalized spacial score (nSPS) is 12.0. The number of carbonyl (C=O) groups excluding carboxylic acids is 2. The molecule has 0 fully saturated rings. The maximum atomic E-state index is 12.5. The van der Waals surface area contributed by atoms with Gasteiger partial charge in [0.1, 0.15) is 24.0 Å². The summed E-state index contributed by atoms with van der Waals surface area (Å²) in [5, 5.41) is 0. The van der Waals surface area contributed by atoms with E-state index in [0.29, 0.717) is 18.6 Å². The number of rotatable bonds is 10. The van der Waals surface area contributed by atoms with Gasteiger partial charge in [0.25, 0.3) is 0 Å². The standard InChI is InChI=1S/C30H35NO5/c1-21-17-25(35-29(33)36-30(3,4)16-15-23-11-7-5-8-12-23)18-22(2)26(21)19-27(31)28(32)34-20-24-13-9-6-10-14-24/h5-14,17-18,27H,15-16,19-20,31H2,1-4H3. The molecule has 6 nitrogen and oxygen atoms in total. The van der Waals surface area contributed by atoms with E-state index < -0.39 is 23.8 Å². The molecule has 0 saturated heterocycles. The van der Waals surface area contributed by atoms with E-state index in [4.69, 9.17) is 19.9 Å². The lowest BCUT2D eigenvalue weighted by molar-refractivity contribution is -0.146. The molecule has 0 aliphatic heterocycles. The predicted octanol–water partition coefficient (Wildman–Crippen LogP) is 5.84. The Morgan fingerprint density at radius 1 is 0.889 bits per heavy atom. The predicted molar refractivity (Wildman–Crippen MR) is 140 cm³/mol. The lowest BCUT2D eigenvalue weighted by Crippen LogP contribution is -2.34. The smallest absolute Gasteiger partial charge is 0.460 e. The van der Waals surface area contributed by atoms with E-state index in [1.54, 1.807) is 12.1 Å². The Morgan fingerprint density at radius 3 is 2.03 bits per heavy atom. The van der Waals surface area contributed by atoms with Crippen LogP contribution >= 0.6 is 0 Å². The molecule has 1 unspecified atom stereocenters. The maximum Gasteiger partial charge on any atom is 0.514 e. The van der Waals surface area contributed by atoms with E-state index in [9.17, 15) is 9.59 Å². The Bertz CT molecular complexity index is 1140. The van der Waals surface area contributed by atoms with Crippen LogP contribution in [0.15, 0.2) is 72.8 Å². The largest absolute Gasteiger partial charge is 0.514 e. The third-order valence-electron chi connectivity index (χ3n) is 6.04. The number of ether oxygens (including phenoxy) is 3. The lowest BCUT2D eigenvalue weighted by atomic mass is 9.96. The van der Waals surface area contributed by atoms with Crippen LogP contribution in [-0.4, -0.2) is 23.8 Å². The topological polar surface area (TPSA) is 87.9 Å². The van der Waals surface area contributed by atoms with Crippen molar-refractivity contribution >= 4 is 12.1 Å². The fourth-order valence-electron chi connectivity index (χ4n) is 3.96. The van der Waals surface area contributed by atoms with Crippen LogP contribution in [0.3, 0.4) is 0 Å². The highest BCUT2D eigenvalue weighted by atomic mass is 16.7. The van der Waals surface area contributed by atoms with Gasteiger partial charge >= 0.3 is 12.1 Å². The van der Waals surface area contributed by atoms with Gasteiger partial charge in [-0.05, 0) is 86.9 Å². The van der Waals surface area contributed by atoms with Gasteiger partial charge in [0, 0.05) is 0 Å². The van der Waals surface area contributed by atoms with Gasteiger partial charge in [-0.2, -0.15) is 0 Å². The monoisotopic (exact) mass is 489 g/mol. The third kappa shape index (κ3) is 8.24. The number of nitrogens with two attached hydrogens (primary N) is 1. The van der Waals surface area contributed by atoms with Gasteiger partial charge in [-0.1, -0.05) is 60.7 Å². The molecule has 3 rings (SSSR count). The molecular formula is C30H35NO5. The van der Waals surface area contributed by atoms with Gasteiger partial charge in [0.2, 0.25) is 0 Å². The number of hydrogen-bond acceptors (Lipinski definition) is 6. The lowest BCUT2D eigenvalue weighted by Gasteiger charge is -2.24. The van der Waals surface area contributed by atoms with Gasteiger partial charge in [0.05, 0.1) is 0 Å². The Hall–Kier alpha value is -3.64. The second kappa shape index (κ2) is 12.4. The van der Waals surface area contributed by atoms with Crippen LogP contribution in [0.5, 0.6) is 5.75 Å². The highest BCUT2D eigenvalue weighted by Gasteiger charge is 2.25. The highest BCUT2D eigenvalue weighted by molar-refractivity contribution is 5.76. The SMILES string of the molecule is Cc1cc(OC(=O)OC(C)(C)CCc2ccccc2)cc(C)c1CC(N)C(=O)OCc1ccccc1. The quantitative estimate of drug-likeness (QED) is 0.284. The Kier molecular flexibility index (Phi) is 9.25. The molecule has 3 aromatic rings. The first-order valence-electron chi connectivity index (χ1n) is 12.1. The summed E-state index contributed by atoms with van der Waals surface area (Å²) in [6, 6.07) is 22.2. The van der Waals surface area contributed by atoms with Gasteiger partial charge < -0.3 is 19.9 Å². The van der Waals surface area contributed by atoms with Crippen LogP contribution in [-0.2, 0) is 33.7 Å². The number of aryl methyl sites for hydroxylation is 3. The van der Waals surface area contributed by atoms with E-state index >= 15 is 0 Å². The first-order chi connectivity index (χ1) is 17.1. The van der Waals surface area contributed by atoms with Crippen LogP contribution in [0, 0.1) is 13.8 Å². The highest BCUT2D eigenvalue weighted by Crippen LogP contribution is 2.25. The van der Waals surface area contributed by atoms with Crippen LogP contribution in [0.25, 0.3) is 0 Å². The van der Waals surface area contributed by atoms with Crippen LogP contribution in [0.4, 0.5) is 4.79 Å². The zero-order chi connectivity index (χ0) is 26.1. The van der Waals surface area contributed by atoms with Crippen molar-refractivity contribution in [1.82, 2.24) is 0 Å². The van der Waals surface area contributed by atoms with Crippen molar-refractivity contribution in [2.45, 2.75) is 65.2 Å². The number of benzene rings is 3.